The van der Waals surface area contributed by atoms with E-state index in [4.69, 9.17) is 5.73 Å². The van der Waals surface area contributed by atoms with Crippen LogP contribution in [0.5, 0.6) is 0 Å². The average Bonchev–Trinajstić information content (AvgIpc) is 2.51. The molecule has 1 atom stereocenters. The Balaban J connectivity index is 2.48. The molecule has 1 aromatic heterocycles. The van der Waals surface area contributed by atoms with Crippen molar-refractivity contribution >= 4 is 23.6 Å². The second kappa shape index (κ2) is 4.85. The van der Waals surface area contributed by atoms with Gasteiger partial charge in [0.2, 0.25) is 17.0 Å². The number of nitrogen functional groups attached to an aromatic ring is 1. The monoisotopic (exact) mass is 215 g/mol. The molecule has 14 heavy (non-hydrogen) atoms. The fourth-order valence-corrected chi connectivity index (χ4v) is 1.60. The first kappa shape index (κ1) is 10.8. The Kier molecular flexibility index (Phi) is 3.75. The molecule has 4 N–H and O–H groups in total. The number of hydrogen-bond donors (Lipinski definition) is 3. The predicted molar refractivity (Wildman–Crippen MR) is 54.8 cm³/mol. The number of hydrogen-bond acceptors (Lipinski definition) is 5. The highest BCUT2D eigenvalue weighted by atomic mass is 32.2. The molecule has 1 rings (SSSR count). The van der Waals surface area contributed by atoms with E-state index in [0.29, 0.717) is 11.7 Å². The van der Waals surface area contributed by atoms with Gasteiger partial charge in [-0.3, -0.25) is 4.79 Å². The molecule has 1 unspecified atom stereocenters. The van der Waals surface area contributed by atoms with Crippen molar-refractivity contribution in [3.8, 4) is 0 Å². The van der Waals surface area contributed by atoms with E-state index in [1.54, 1.807) is 6.92 Å². The molecule has 0 aliphatic heterocycles. The van der Waals surface area contributed by atoms with Gasteiger partial charge < -0.3 is 11.1 Å². The van der Waals surface area contributed by atoms with Crippen LogP contribution in [-0.2, 0) is 4.79 Å². The lowest BCUT2D eigenvalue weighted by Crippen LogP contribution is -2.30. The molecule has 7 heteroatoms. The second-order valence-corrected chi connectivity index (χ2v) is 3.97. The van der Waals surface area contributed by atoms with Crippen LogP contribution in [0.1, 0.15) is 13.8 Å². The van der Waals surface area contributed by atoms with Crippen LogP contribution in [0, 0.1) is 0 Å². The van der Waals surface area contributed by atoms with Gasteiger partial charge in [-0.2, -0.15) is 4.98 Å². The Bertz CT molecular complexity index is 313. The second-order valence-electron chi connectivity index (χ2n) is 2.66. The molecule has 0 aliphatic rings. The van der Waals surface area contributed by atoms with E-state index >= 15 is 0 Å². The summed E-state index contributed by atoms with van der Waals surface area (Å²) in [6.45, 7) is 4.29. The molecule has 1 amide bonds. The minimum Gasteiger partial charge on any atom is -0.368 e. The molecule has 0 spiro atoms. The molecule has 1 heterocycles. The zero-order valence-corrected chi connectivity index (χ0v) is 8.89. The maximum absolute atomic E-state index is 11.3. The maximum atomic E-state index is 11.3. The molecule has 0 radical (unpaired) electrons. The van der Waals surface area contributed by atoms with E-state index in [1.165, 1.54) is 11.8 Å². The highest BCUT2D eigenvalue weighted by Gasteiger charge is 2.15. The summed E-state index contributed by atoms with van der Waals surface area (Å²) in [6.07, 6.45) is 0. The summed E-state index contributed by atoms with van der Waals surface area (Å²) < 4.78 is 0. The molecule has 6 nitrogen and oxygen atoms in total. The molecule has 0 fully saturated rings. The van der Waals surface area contributed by atoms with E-state index in [2.05, 4.69) is 20.5 Å². The van der Waals surface area contributed by atoms with E-state index in [0.717, 1.165) is 0 Å². The van der Waals surface area contributed by atoms with Crippen molar-refractivity contribution in [2.45, 2.75) is 24.3 Å². The summed E-state index contributed by atoms with van der Waals surface area (Å²) >= 11 is 1.27. The molecule has 78 valence electrons. The van der Waals surface area contributed by atoms with Gasteiger partial charge in [0.05, 0.1) is 5.25 Å². The largest absolute Gasteiger partial charge is 0.368 e. The third-order valence-corrected chi connectivity index (χ3v) is 2.45. The number of nitrogens with one attached hydrogen (secondary N) is 2. The van der Waals surface area contributed by atoms with E-state index in [-0.39, 0.29) is 17.1 Å². The highest BCUT2D eigenvalue weighted by molar-refractivity contribution is 8.00. The van der Waals surface area contributed by atoms with E-state index in [9.17, 15) is 4.79 Å². The highest BCUT2D eigenvalue weighted by Crippen LogP contribution is 2.19. The zero-order chi connectivity index (χ0) is 10.6. The number of carbonyl (C=O) groups excluding carboxylic acids is 1. The number of H-pyrrole nitrogens is 1. The van der Waals surface area contributed by atoms with Crippen molar-refractivity contribution in [3.05, 3.63) is 0 Å². The Hall–Kier alpha value is -1.24. The van der Waals surface area contributed by atoms with Crippen molar-refractivity contribution < 1.29 is 4.79 Å². The number of carbonyl (C=O) groups is 1. The van der Waals surface area contributed by atoms with Gasteiger partial charge in [-0.25, -0.2) is 5.10 Å². The SMILES string of the molecule is CCNC(=O)C(C)Sc1n[nH]c(N)n1. The Labute approximate surface area is 86.0 Å². The van der Waals surface area contributed by atoms with Crippen LogP contribution in [0.25, 0.3) is 0 Å². The first-order chi connectivity index (χ1) is 6.63. The maximum Gasteiger partial charge on any atom is 0.233 e. The summed E-state index contributed by atoms with van der Waals surface area (Å²) in [7, 11) is 0. The van der Waals surface area contributed by atoms with Crippen molar-refractivity contribution in [2.24, 2.45) is 0 Å². The van der Waals surface area contributed by atoms with E-state index in [1.807, 2.05) is 6.92 Å². The molecule has 0 aromatic carbocycles. The van der Waals surface area contributed by atoms with Crippen LogP contribution in [0.3, 0.4) is 0 Å². The summed E-state index contributed by atoms with van der Waals surface area (Å²) in [5, 5.41) is 9.31. The number of nitrogens with zero attached hydrogens (tertiary/aromatic N) is 2. The average molecular weight is 215 g/mol. The van der Waals surface area contributed by atoms with Crippen LogP contribution in [0.15, 0.2) is 5.16 Å². The van der Waals surface area contributed by atoms with Gasteiger partial charge in [-0.1, -0.05) is 11.8 Å². The quantitative estimate of drug-likeness (QED) is 0.614. The lowest BCUT2D eigenvalue weighted by Gasteiger charge is -2.07. The number of aromatic nitrogens is 3. The van der Waals surface area contributed by atoms with Crippen molar-refractivity contribution in [3.63, 3.8) is 0 Å². The molecular formula is C7H13N5OS. The molecule has 0 saturated heterocycles. The number of nitrogens with two attached hydrogens (primary N) is 1. The van der Waals surface area contributed by atoms with Crippen molar-refractivity contribution in [1.82, 2.24) is 20.5 Å². The fourth-order valence-electron chi connectivity index (χ4n) is 0.840. The summed E-state index contributed by atoms with van der Waals surface area (Å²) in [5.41, 5.74) is 5.35. The lowest BCUT2D eigenvalue weighted by molar-refractivity contribution is -0.120. The first-order valence-electron chi connectivity index (χ1n) is 4.25. The standard InChI is InChI=1S/C7H13N5OS/c1-3-9-5(13)4(2)14-7-10-6(8)11-12-7/h4H,3H2,1-2H3,(H,9,13)(H3,8,10,11,12). The number of thioether (sulfide) groups is 1. The Morgan fingerprint density at radius 1 is 1.79 bits per heavy atom. The van der Waals surface area contributed by atoms with E-state index < -0.39 is 0 Å². The minimum atomic E-state index is -0.217. The molecule has 1 aromatic rings. The van der Waals surface area contributed by atoms with Crippen LogP contribution < -0.4 is 11.1 Å². The third-order valence-electron chi connectivity index (χ3n) is 1.48. The number of anilines is 1. The van der Waals surface area contributed by atoms with Crippen LogP contribution >= 0.6 is 11.8 Å². The summed E-state index contributed by atoms with van der Waals surface area (Å²) in [6, 6.07) is 0. The smallest absolute Gasteiger partial charge is 0.233 e. The third kappa shape index (κ3) is 2.91. The first-order valence-corrected chi connectivity index (χ1v) is 5.13. The number of amides is 1. The topological polar surface area (TPSA) is 96.7 Å². The van der Waals surface area contributed by atoms with Crippen LogP contribution in [0.4, 0.5) is 5.95 Å². The van der Waals surface area contributed by atoms with Gasteiger partial charge in [0.25, 0.3) is 0 Å². The zero-order valence-electron chi connectivity index (χ0n) is 8.07. The minimum absolute atomic E-state index is 0.0270. The number of aromatic amines is 1. The Morgan fingerprint density at radius 3 is 3.00 bits per heavy atom. The van der Waals surface area contributed by atoms with Gasteiger partial charge >= 0.3 is 0 Å². The fraction of sp³-hybridized carbons (Fsp3) is 0.571. The summed E-state index contributed by atoms with van der Waals surface area (Å²) in [4.78, 5) is 15.2. The normalized spacial score (nSPS) is 12.4. The van der Waals surface area contributed by atoms with Gasteiger partial charge in [0.1, 0.15) is 0 Å². The van der Waals surface area contributed by atoms with Crippen LogP contribution in [0.2, 0.25) is 0 Å². The summed E-state index contributed by atoms with van der Waals surface area (Å²) in [5.74, 6) is 0.233. The molecule has 0 aliphatic carbocycles. The predicted octanol–water partition coefficient (Wildman–Crippen LogP) is 0.00360. The van der Waals surface area contributed by atoms with Gasteiger partial charge in [0.15, 0.2) is 0 Å². The molecular weight excluding hydrogens is 202 g/mol. The van der Waals surface area contributed by atoms with Gasteiger partial charge in [-0.15, -0.1) is 5.10 Å². The van der Waals surface area contributed by atoms with Crippen LogP contribution in [-0.4, -0.2) is 32.9 Å². The lowest BCUT2D eigenvalue weighted by atomic mass is 10.4. The van der Waals surface area contributed by atoms with Gasteiger partial charge in [-0.05, 0) is 13.8 Å². The van der Waals surface area contributed by atoms with Gasteiger partial charge in [0, 0.05) is 6.54 Å². The van der Waals surface area contributed by atoms with Crippen molar-refractivity contribution in [1.29, 1.82) is 0 Å². The molecule has 0 saturated carbocycles. The van der Waals surface area contributed by atoms with Crippen molar-refractivity contribution in [2.75, 3.05) is 12.3 Å². The molecule has 0 bridgehead atoms. The Morgan fingerprint density at radius 2 is 2.50 bits per heavy atom. The number of rotatable bonds is 4.